The third-order valence-corrected chi connectivity index (χ3v) is 5.55. The molecule has 0 aromatic carbocycles. The number of aromatic nitrogens is 1. The highest BCUT2D eigenvalue weighted by atomic mass is 32.1. The molecule has 0 aliphatic carbocycles. The van der Waals surface area contributed by atoms with Crippen molar-refractivity contribution in [1.82, 2.24) is 20.1 Å². The average molecular weight is 366 g/mol. The standard InChI is InChI=1S/C17H26N4O3S/c1-2-13-12-25-15(19-13)11-18-17(23)21-7-4-6-20(8-9-21)16(22)14-5-3-10-24-14/h12,14H,2-11H2,1H3,(H,18,23)/t14-/m1/s1. The number of carbonyl (C=O) groups excluding carboxylic acids is 2. The van der Waals surface area contributed by atoms with Crippen LogP contribution in [0.1, 0.15) is 36.9 Å². The van der Waals surface area contributed by atoms with Gasteiger partial charge in [-0.3, -0.25) is 4.79 Å². The highest BCUT2D eigenvalue weighted by Crippen LogP contribution is 2.16. The lowest BCUT2D eigenvalue weighted by Gasteiger charge is -2.24. The minimum Gasteiger partial charge on any atom is -0.368 e. The molecular weight excluding hydrogens is 340 g/mol. The summed E-state index contributed by atoms with van der Waals surface area (Å²) in [5.74, 6) is 0.0784. The number of nitrogens with one attached hydrogen (secondary N) is 1. The van der Waals surface area contributed by atoms with E-state index in [9.17, 15) is 9.59 Å². The van der Waals surface area contributed by atoms with Gasteiger partial charge < -0.3 is 19.9 Å². The van der Waals surface area contributed by atoms with Gasteiger partial charge in [-0.1, -0.05) is 6.92 Å². The number of carbonyl (C=O) groups is 2. The first-order chi connectivity index (χ1) is 12.2. The van der Waals surface area contributed by atoms with Crippen LogP contribution in [-0.4, -0.2) is 65.6 Å². The number of hydrogen-bond donors (Lipinski definition) is 1. The number of nitrogens with zero attached hydrogens (tertiary/aromatic N) is 3. The van der Waals surface area contributed by atoms with E-state index in [1.807, 2.05) is 10.3 Å². The van der Waals surface area contributed by atoms with Gasteiger partial charge in [-0.2, -0.15) is 0 Å². The molecule has 2 saturated heterocycles. The van der Waals surface area contributed by atoms with E-state index in [0.717, 1.165) is 36.4 Å². The highest BCUT2D eigenvalue weighted by Gasteiger charge is 2.30. The highest BCUT2D eigenvalue weighted by molar-refractivity contribution is 7.09. The van der Waals surface area contributed by atoms with Gasteiger partial charge in [0.2, 0.25) is 0 Å². The summed E-state index contributed by atoms with van der Waals surface area (Å²) < 4.78 is 5.49. The molecule has 138 valence electrons. The molecule has 2 aliphatic rings. The Bertz CT molecular complexity index is 600. The fourth-order valence-corrected chi connectivity index (χ4v) is 3.99. The van der Waals surface area contributed by atoms with Crippen LogP contribution in [0.4, 0.5) is 4.79 Å². The van der Waals surface area contributed by atoms with Crippen molar-refractivity contribution >= 4 is 23.3 Å². The van der Waals surface area contributed by atoms with Crippen molar-refractivity contribution in [3.8, 4) is 0 Å². The maximum atomic E-state index is 12.4. The molecule has 25 heavy (non-hydrogen) atoms. The van der Waals surface area contributed by atoms with Crippen LogP contribution in [0.2, 0.25) is 0 Å². The Hall–Kier alpha value is -1.67. The molecule has 3 rings (SSSR count). The fourth-order valence-electron chi connectivity index (χ4n) is 3.17. The monoisotopic (exact) mass is 366 g/mol. The van der Waals surface area contributed by atoms with Gasteiger partial charge in [0.25, 0.3) is 5.91 Å². The summed E-state index contributed by atoms with van der Waals surface area (Å²) in [6.45, 7) is 5.69. The molecule has 1 N–H and O–H groups in total. The molecule has 2 fully saturated rings. The lowest BCUT2D eigenvalue weighted by atomic mass is 10.2. The fraction of sp³-hybridized carbons (Fsp3) is 0.706. The van der Waals surface area contributed by atoms with Crippen LogP contribution in [-0.2, 0) is 22.5 Å². The topological polar surface area (TPSA) is 74.8 Å². The van der Waals surface area contributed by atoms with Gasteiger partial charge in [-0.15, -0.1) is 11.3 Å². The molecule has 0 unspecified atom stereocenters. The Kier molecular flexibility index (Phi) is 6.25. The summed E-state index contributed by atoms with van der Waals surface area (Å²) in [6, 6.07) is -0.0836. The van der Waals surface area contributed by atoms with Gasteiger partial charge >= 0.3 is 6.03 Å². The number of urea groups is 1. The summed E-state index contributed by atoms with van der Waals surface area (Å²) in [7, 11) is 0. The number of amides is 3. The van der Waals surface area contributed by atoms with Gasteiger partial charge in [0, 0.05) is 38.2 Å². The zero-order valence-electron chi connectivity index (χ0n) is 14.7. The summed E-state index contributed by atoms with van der Waals surface area (Å²) in [6.07, 6.45) is 3.19. The quantitative estimate of drug-likeness (QED) is 0.879. The molecule has 1 atom stereocenters. The average Bonchev–Trinajstić information content (AvgIpc) is 3.26. The first-order valence-corrected chi connectivity index (χ1v) is 9.91. The Morgan fingerprint density at radius 1 is 1.28 bits per heavy atom. The van der Waals surface area contributed by atoms with E-state index in [2.05, 4.69) is 17.2 Å². The van der Waals surface area contributed by atoms with Crippen molar-refractivity contribution in [2.24, 2.45) is 0 Å². The van der Waals surface area contributed by atoms with Crippen molar-refractivity contribution in [1.29, 1.82) is 0 Å². The van der Waals surface area contributed by atoms with Crippen molar-refractivity contribution in [2.75, 3.05) is 32.8 Å². The predicted molar refractivity (Wildman–Crippen MR) is 95.5 cm³/mol. The molecule has 7 nitrogen and oxygen atoms in total. The Morgan fingerprint density at radius 3 is 2.80 bits per heavy atom. The van der Waals surface area contributed by atoms with Crippen LogP contribution >= 0.6 is 11.3 Å². The van der Waals surface area contributed by atoms with Crippen LogP contribution in [0, 0.1) is 0 Å². The molecule has 0 spiro atoms. The number of rotatable bonds is 4. The van der Waals surface area contributed by atoms with E-state index in [0.29, 0.717) is 39.3 Å². The number of aryl methyl sites for hydroxylation is 1. The van der Waals surface area contributed by atoms with E-state index in [1.54, 1.807) is 16.2 Å². The second-order valence-electron chi connectivity index (χ2n) is 6.41. The predicted octanol–water partition coefficient (Wildman–Crippen LogP) is 1.63. The smallest absolute Gasteiger partial charge is 0.317 e. The van der Waals surface area contributed by atoms with Gasteiger partial charge in [0.15, 0.2) is 0 Å². The molecule has 0 bridgehead atoms. The normalized spacial score (nSPS) is 21.2. The Morgan fingerprint density at radius 2 is 2.08 bits per heavy atom. The zero-order chi connectivity index (χ0) is 17.6. The molecule has 8 heteroatoms. The lowest BCUT2D eigenvalue weighted by Crippen LogP contribution is -2.44. The second-order valence-corrected chi connectivity index (χ2v) is 7.36. The molecule has 0 radical (unpaired) electrons. The van der Waals surface area contributed by atoms with Crippen LogP contribution in [0.15, 0.2) is 5.38 Å². The maximum absolute atomic E-state index is 12.4. The van der Waals surface area contributed by atoms with Gasteiger partial charge in [0.05, 0.1) is 12.2 Å². The van der Waals surface area contributed by atoms with Gasteiger partial charge in [-0.25, -0.2) is 9.78 Å². The van der Waals surface area contributed by atoms with Crippen molar-refractivity contribution in [3.05, 3.63) is 16.1 Å². The largest absolute Gasteiger partial charge is 0.368 e. The van der Waals surface area contributed by atoms with E-state index in [1.165, 1.54) is 0 Å². The third kappa shape index (κ3) is 4.70. The lowest BCUT2D eigenvalue weighted by molar-refractivity contribution is -0.140. The SMILES string of the molecule is CCc1csc(CNC(=O)N2CCCN(C(=O)[C@H]3CCCO3)CC2)n1. The van der Waals surface area contributed by atoms with Crippen LogP contribution in [0.5, 0.6) is 0 Å². The first-order valence-electron chi connectivity index (χ1n) is 9.04. The molecule has 0 saturated carbocycles. The first kappa shape index (κ1) is 18.1. The van der Waals surface area contributed by atoms with E-state index in [-0.39, 0.29) is 18.0 Å². The number of ether oxygens (including phenoxy) is 1. The van der Waals surface area contributed by atoms with Gasteiger partial charge in [0.1, 0.15) is 11.1 Å². The van der Waals surface area contributed by atoms with Crippen molar-refractivity contribution in [3.63, 3.8) is 0 Å². The number of thiazole rings is 1. The van der Waals surface area contributed by atoms with E-state index >= 15 is 0 Å². The molecule has 3 amide bonds. The zero-order valence-corrected chi connectivity index (χ0v) is 15.5. The van der Waals surface area contributed by atoms with Crippen molar-refractivity contribution in [2.45, 2.75) is 45.3 Å². The minimum atomic E-state index is -0.280. The van der Waals surface area contributed by atoms with E-state index < -0.39 is 0 Å². The molecule has 2 aliphatic heterocycles. The van der Waals surface area contributed by atoms with Crippen LogP contribution in [0.3, 0.4) is 0 Å². The summed E-state index contributed by atoms with van der Waals surface area (Å²) in [5.41, 5.74) is 1.06. The van der Waals surface area contributed by atoms with Gasteiger partial charge in [-0.05, 0) is 25.7 Å². The molecule has 3 heterocycles. The maximum Gasteiger partial charge on any atom is 0.317 e. The molecular formula is C17H26N4O3S. The number of hydrogen-bond acceptors (Lipinski definition) is 5. The van der Waals surface area contributed by atoms with Crippen molar-refractivity contribution < 1.29 is 14.3 Å². The summed E-state index contributed by atoms with van der Waals surface area (Å²) >= 11 is 1.57. The second kappa shape index (κ2) is 8.62. The van der Waals surface area contributed by atoms with Crippen LogP contribution in [0.25, 0.3) is 0 Å². The van der Waals surface area contributed by atoms with E-state index in [4.69, 9.17) is 4.74 Å². The summed E-state index contributed by atoms with van der Waals surface area (Å²) in [4.78, 5) is 32.9. The Labute approximate surface area is 152 Å². The third-order valence-electron chi connectivity index (χ3n) is 4.65. The van der Waals surface area contributed by atoms with Crippen LogP contribution < -0.4 is 5.32 Å². The summed E-state index contributed by atoms with van der Waals surface area (Å²) in [5, 5.41) is 5.90. The minimum absolute atomic E-state index is 0.0784. The molecule has 1 aromatic rings. The molecule has 1 aromatic heterocycles. The Balaban J connectivity index is 1.46.